The topological polar surface area (TPSA) is 70.3 Å². The Morgan fingerprint density at radius 2 is 1.48 bits per heavy atom. The number of fused-ring (bicyclic) bond motifs is 1. The van der Waals surface area contributed by atoms with Crippen LogP contribution in [0.1, 0.15) is 0 Å². The van der Waals surface area contributed by atoms with Gasteiger partial charge < -0.3 is 15.2 Å². The third kappa shape index (κ3) is 2.55. The van der Waals surface area contributed by atoms with Crippen LogP contribution in [0.4, 0.5) is 10.3 Å². The van der Waals surface area contributed by atoms with Crippen LogP contribution in [0.2, 0.25) is 0 Å². The molecule has 0 bridgehead atoms. The van der Waals surface area contributed by atoms with E-state index in [1.165, 1.54) is 12.1 Å². The fourth-order valence-corrected chi connectivity index (χ4v) is 2.44. The molecule has 5 nitrogen and oxygen atoms in total. The maximum atomic E-state index is 13.1. The van der Waals surface area contributed by atoms with Crippen molar-refractivity contribution in [1.82, 2.24) is 9.97 Å². The monoisotopic (exact) mass is 309 g/mol. The van der Waals surface area contributed by atoms with E-state index in [1.807, 2.05) is 18.2 Å². The number of hydrogen-bond acceptors (Lipinski definition) is 5. The number of benzene rings is 2. The van der Waals surface area contributed by atoms with Gasteiger partial charge in [0.1, 0.15) is 5.82 Å². The molecule has 4 rings (SSSR count). The lowest BCUT2D eigenvalue weighted by Gasteiger charge is -2.07. The summed E-state index contributed by atoms with van der Waals surface area (Å²) < 4.78 is 23.8. The van der Waals surface area contributed by atoms with Crippen molar-refractivity contribution in [2.24, 2.45) is 0 Å². The zero-order valence-corrected chi connectivity index (χ0v) is 12.0. The van der Waals surface area contributed by atoms with Crippen LogP contribution in [0, 0.1) is 5.82 Å². The molecule has 2 heterocycles. The molecule has 114 valence electrons. The van der Waals surface area contributed by atoms with Gasteiger partial charge in [-0.25, -0.2) is 14.4 Å². The molecule has 0 fully saturated rings. The highest BCUT2D eigenvalue weighted by Crippen LogP contribution is 2.36. The number of hydrogen-bond donors (Lipinski definition) is 1. The number of nitrogen functional groups attached to an aromatic ring is 1. The quantitative estimate of drug-likeness (QED) is 0.787. The molecule has 0 aliphatic carbocycles. The van der Waals surface area contributed by atoms with E-state index < -0.39 is 0 Å². The summed E-state index contributed by atoms with van der Waals surface area (Å²) in [6.45, 7) is 0.214. The van der Waals surface area contributed by atoms with Gasteiger partial charge in [-0.15, -0.1) is 0 Å². The van der Waals surface area contributed by atoms with Gasteiger partial charge in [-0.3, -0.25) is 0 Å². The van der Waals surface area contributed by atoms with Gasteiger partial charge in [0.15, 0.2) is 11.5 Å². The molecular weight excluding hydrogens is 297 g/mol. The average Bonchev–Trinajstić information content (AvgIpc) is 3.02. The molecule has 0 spiro atoms. The Hall–Kier alpha value is -3.15. The predicted molar refractivity (Wildman–Crippen MR) is 83.4 cm³/mol. The van der Waals surface area contributed by atoms with Crippen molar-refractivity contribution in [2.75, 3.05) is 12.5 Å². The van der Waals surface area contributed by atoms with E-state index in [2.05, 4.69) is 9.97 Å². The SMILES string of the molecule is Nc1nc(-c2ccc(F)cc2)cc(-c2ccc3c(c2)OCO3)n1. The predicted octanol–water partition coefficient (Wildman–Crippen LogP) is 3.26. The molecule has 0 atom stereocenters. The Morgan fingerprint density at radius 3 is 2.26 bits per heavy atom. The molecule has 2 aromatic carbocycles. The summed E-state index contributed by atoms with van der Waals surface area (Å²) in [5.74, 6) is 1.23. The number of aromatic nitrogens is 2. The summed E-state index contributed by atoms with van der Waals surface area (Å²) in [7, 11) is 0. The second-order valence-electron chi connectivity index (χ2n) is 5.07. The third-order valence-corrected chi connectivity index (χ3v) is 3.55. The standard InChI is InChI=1S/C17H12FN3O2/c18-12-4-1-10(2-5-12)13-8-14(21-17(19)20-13)11-3-6-15-16(7-11)23-9-22-15/h1-8H,9H2,(H2,19,20,21). The molecule has 1 aromatic heterocycles. The molecule has 0 unspecified atom stereocenters. The molecule has 1 aliphatic heterocycles. The second-order valence-corrected chi connectivity index (χ2v) is 5.07. The van der Waals surface area contributed by atoms with Crippen molar-refractivity contribution < 1.29 is 13.9 Å². The van der Waals surface area contributed by atoms with Crippen LogP contribution >= 0.6 is 0 Å². The molecular formula is C17H12FN3O2. The highest BCUT2D eigenvalue weighted by atomic mass is 19.1. The van der Waals surface area contributed by atoms with Crippen LogP contribution in [-0.4, -0.2) is 16.8 Å². The summed E-state index contributed by atoms with van der Waals surface area (Å²) >= 11 is 0. The van der Waals surface area contributed by atoms with E-state index in [4.69, 9.17) is 15.2 Å². The van der Waals surface area contributed by atoms with Crippen LogP contribution in [0.3, 0.4) is 0 Å². The van der Waals surface area contributed by atoms with E-state index in [0.29, 0.717) is 22.9 Å². The molecule has 1 aliphatic rings. The lowest BCUT2D eigenvalue weighted by molar-refractivity contribution is 0.174. The Bertz CT molecular complexity index is 882. The number of nitrogens with two attached hydrogens (primary N) is 1. The lowest BCUT2D eigenvalue weighted by atomic mass is 10.1. The number of anilines is 1. The number of halogens is 1. The third-order valence-electron chi connectivity index (χ3n) is 3.55. The molecule has 23 heavy (non-hydrogen) atoms. The van der Waals surface area contributed by atoms with E-state index in [0.717, 1.165) is 11.1 Å². The van der Waals surface area contributed by atoms with Gasteiger partial charge in [-0.2, -0.15) is 0 Å². The summed E-state index contributed by atoms with van der Waals surface area (Å²) in [5, 5.41) is 0. The minimum atomic E-state index is -0.299. The number of rotatable bonds is 2. The van der Waals surface area contributed by atoms with Gasteiger partial charge in [-0.05, 0) is 48.5 Å². The Morgan fingerprint density at radius 1 is 0.826 bits per heavy atom. The van der Waals surface area contributed by atoms with E-state index in [1.54, 1.807) is 18.2 Å². The smallest absolute Gasteiger partial charge is 0.231 e. The largest absolute Gasteiger partial charge is 0.454 e. The maximum Gasteiger partial charge on any atom is 0.231 e. The second kappa shape index (κ2) is 5.24. The van der Waals surface area contributed by atoms with Gasteiger partial charge in [0.05, 0.1) is 11.4 Å². The zero-order chi connectivity index (χ0) is 15.8. The molecule has 0 radical (unpaired) electrons. The van der Waals surface area contributed by atoms with E-state index >= 15 is 0 Å². The highest BCUT2D eigenvalue weighted by molar-refractivity contribution is 5.71. The normalized spacial score (nSPS) is 12.4. The van der Waals surface area contributed by atoms with Crippen molar-refractivity contribution in [2.45, 2.75) is 0 Å². The molecule has 2 N–H and O–H groups in total. The first-order chi connectivity index (χ1) is 11.2. The summed E-state index contributed by atoms with van der Waals surface area (Å²) in [6, 6.07) is 13.4. The highest BCUT2D eigenvalue weighted by Gasteiger charge is 2.15. The van der Waals surface area contributed by atoms with Crippen molar-refractivity contribution in [3.63, 3.8) is 0 Å². The van der Waals surface area contributed by atoms with Gasteiger partial charge >= 0.3 is 0 Å². The fraction of sp³-hybridized carbons (Fsp3) is 0.0588. The zero-order valence-electron chi connectivity index (χ0n) is 12.0. The molecule has 0 amide bonds. The molecule has 3 aromatic rings. The summed E-state index contributed by atoms with van der Waals surface area (Å²) in [6.07, 6.45) is 0. The minimum Gasteiger partial charge on any atom is -0.454 e. The lowest BCUT2D eigenvalue weighted by Crippen LogP contribution is -1.98. The summed E-state index contributed by atoms with van der Waals surface area (Å²) in [5.41, 5.74) is 8.72. The van der Waals surface area contributed by atoms with Gasteiger partial charge in [0.25, 0.3) is 0 Å². The number of nitrogens with zero attached hydrogens (tertiary/aromatic N) is 2. The Balaban J connectivity index is 1.79. The van der Waals surface area contributed by atoms with Crippen molar-refractivity contribution in [1.29, 1.82) is 0 Å². The first-order valence-corrected chi connectivity index (χ1v) is 6.99. The molecule has 6 heteroatoms. The minimum absolute atomic E-state index is 0.152. The first-order valence-electron chi connectivity index (χ1n) is 6.99. The summed E-state index contributed by atoms with van der Waals surface area (Å²) in [4.78, 5) is 8.49. The van der Waals surface area contributed by atoms with Crippen LogP contribution in [0.5, 0.6) is 11.5 Å². The van der Waals surface area contributed by atoms with Crippen molar-refractivity contribution in [3.8, 4) is 34.0 Å². The van der Waals surface area contributed by atoms with Crippen LogP contribution < -0.4 is 15.2 Å². The van der Waals surface area contributed by atoms with Gasteiger partial charge in [0.2, 0.25) is 12.7 Å². The average molecular weight is 309 g/mol. The van der Waals surface area contributed by atoms with Crippen LogP contribution in [-0.2, 0) is 0 Å². The van der Waals surface area contributed by atoms with E-state index in [9.17, 15) is 4.39 Å². The van der Waals surface area contributed by atoms with E-state index in [-0.39, 0.29) is 18.6 Å². The fourth-order valence-electron chi connectivity index (χ4n) is 2.44. The van der Waals surface area contributed by atoms with Crippen molar-refractivity contribution >= 4 is 5.95 Å². The Kier molecular flexibility index (Phi) is 3.08. The molecule has 0 saturated carbocycles. The Labute approximate surface area is 131 Å². The first kappa shape index (κ1) is 13.5. The van der Waals surface area contributed by atoms with Crippen LogP contribution in [0.25, 0.3) is 22.5 Å². The van der Waals surface area contributed by atoms with Crippen molar-refractivity contribution in [3.05, 3.63) is 54.3 Å². The maximum absolute atomic E-state index is 13.1. The van der Waals surface area contributed by atoms with Gasteiger partial charge in [-0.1, -0.05) is 0 Å². The van der Waals surface area contributed by atoms with Gasteiger partial charge in [0, 0.05) is 11.1 Å². The van der Waals surface area contributed by atoms with Crippen LogP contribution in [0.15, 0.2) is 48.5 Å². The number of ether oxygens (including phenoxy) is 2. The molecule has 0 saturated heterocycles.